The van der Waals surface area contributed by atoms with Crippen molar-refractivity contribution in [3.63, 3.8) is 0 Å². The monoisotopic (exact) mass is 270 g/mol. The summed E-state index contributed by atoms with van der Waals surface area (Å²) >= 11 is 10.4. The minimum absolute atomic E-state index is 0.0807. The van der Waals surface area contributed by atoms with Crippen molar-refractivity contribution in [3.8, 4) is 0 Å². The van der Waals surface area contributed by atoms with E-state index in [-0.39, 0.29) is 10.0 Å². The first-order valence-corrected chi connectivity index (χ1v) is 5.48. The van der Waals surface area contributed by atoms with Crippen molar-refractivity contribution >= 4 is 28.8 Å². The van der Waals surface area contributed by atoms with Crippen LogP contribution in [0.2, 0.25) is 5.02 Å². The van der Waals surface area contributed by atoms with E-state index in [1.54, 1.807) is 16.8 Å². The van der Waals surface area contributed by atoms with Crippen LogP contribution in [-0.2, 0) is 6.54 Å². The summed E-state index contributed by atoms with van der Waals surface area (Å²) in [6.45, 7) is 0.426. The molecule has 1 aromatic carbocycles. The van der Waals surface area contributed by atoms with E-state index in [0.717, 1.165) is 5.56 Å². The van der Waals surface area contributed by atoms with E-state index in [1.807, 2.05) is 0 Å². The van der Waals surface area contributed by atoms with Crippen LogP contribution in [0.3, 0.4) is 0 Å². The molecule has 0 bridgehead atoms. The number of thiocarbonyl (C=S) groups is 1. The minimum Gasteiger partial charge on any atom is -0.387 e. The number of nitrogens with two attached hydrogens (primary N) is 1. The van der Waals surface area contributed by atoms with Gasteiger partial charge in [0.1, 0.15) is 17.1 Å². The summed E-state index contributed by atoms with van der Waals surface area (Å²) < 4.78 is 14.5. The second kappa shape index (κ2) is 4.77. The topological polar surface area (TPSA) is 56.7 Å². The van der Waals surface area contributed by atoms with Crippen molar-refractivity contribution in [2.24, 2.45) is 5.73 Å². The number of nitrogens with zero attached hydrogens (tertiary/aromatic N) is 3. The SMILES string of the molecule is NC(=S)c1ncn(Cc2ccc(F)c(Cl)c2)n1. The van der Waals surface area contributed by atoms with Crippen LogP contribution in [0.1, 0.15) is 11.4 Å². The quantitative estimate of drug-likeness (QED) is 0.864. The van der Waals surface area contributed by atoms with Crippen LogP contribution in [0, 0.1) is 5.82 Å². The predicted octanol–water partition coefficient (Wildman–Crippen LogP) is 1.75. The molecule has 88 valence electrons. The highest BCUT2D eigenvalue weighted by atomic mass is 35.5. The maximum absolute atomic E-state index is 12.9. The van der Waals surface area contributed by atoms with E-state index in [2.05, 4.69) is 10.1 Å². The van der Waals surface area contributed by atoms with Gasteiger partial charge in [-0.05, 0) is 17.7 Å². The lowest BCUT2D eigenvalue weighted by Crippen LogP contribution is -2.12. The van der Waals surface area contributed by atoms with Crippen LogP contribution < -0.4 is 5.73 Å². The molecule has 17 heavy (non-hydrogen) atoms. The fraction of sp³-hybridized carbons (Fsp3) is 0.100. The molecule has 2 N–H and O–H groups in total. The highest BCUT2D eigenvalue weighted by Crippen LogP contribution is 2.16. The normalized spacial score (nSPS) is 10.5. The van der Waals surface area contributed by atoms with Crippen molar-refractivity contribution in [1.29, 1.82) is 0 Å². The Hall–Kier alpha value is -1.53. The number of hydrogen-bond donors (Lipinski definition) is 1. The molecule has 4 nitrogen and oxygen atoms in total. The first-order valence-electron chi connectivity index (χ1n) is 4.69. The maximum atomic E-state index is 12.9. The molecule has 2 aromatic rings. The van der Waals surface area contributed by atoms with E-state index < -0.39 is 5.82 Å². The van der Waals surface area contributed by atoms with Crippen LogP contribution in [0.15, 0.2) is 24.5 Å². The Morgan fingerprint density at radius 1 is 1.53 bits per heavy atom. The Bertz CT molecular complexity index is 569. The van der Waals surface area contributed by atoms with Gasteiger partial charge in [0.05, 0.1) is 11.6 Å². The summed E-state index contributed by atoms with van der Waals surface area (Å²) in [7, 11) is 0. The third-order valence-electron chi connectivity index (χ3n) is 2.09. The average molecular weight is 271 g/mol. The standard InChI is InChI=1S/C10H8ClFN4S/c11-7-3-6(1-2-8(7)12)4-16-5-14-10(15-16)9(13)17/h1-3,5H,4H2,(H2,13,17). The lowest BCUT2D eigenvalue weighted by molar-refractivity contribution is 0.624. The van der Waals surface area contributed by atoms with Crippen LogP contribution in [0.5, 0.6) is 0 Å². The van der Waals surface area contributed by atoms with E-state index in [9.17, 15) is 4.39 Å². The molecular weight excluding hydrogens is 263 g/mol. The van der Waals surface area contributed by atoms with Gasteiger partial charge in [-0.1, -0.05) is 29.9 Å². The smallest absolute Gasteiger partial charge is 0.208 e. The molecule has 0 radical (unpaired) electrons. The van der Waals surface area contributed by atoms with E-state index >= 15 is 0 Å². The Kier molecular flexibility index (Phi) is 3.35. The highest BCUT2D eigenvalue weighted by Gasteiger charge is 2.05. The van der Waals surface area contributed by atoms with Crippen molar-refractivity contribution in [1.82, 2.24) is 14.8 Å². The molecule has 7 heteroatoms. The molecule has 1 aromatic heterocycles. The summed E-state index contributed by atoms with van der Waals surface area (Å²) in [6.07, 6.45) is 1.51. The Morgan fingerprint density at radius 3 is 2.88 bits per heavy atom. The molecule has 0 aliphatic heterocycles. The molecule has 0 saturated carbocycles. The van der Waals surface area contributed by atoms with Crippen molar-refractivity contribution in [2.75, 3.05) is 0 Å². The Balaban J connectivity index is 2.19. The van der Waals surface area contributed by atoms with E-state index in [0.29, 0.717) is 12.4 Å². The second-order valence-corrected chi connectivity index (χ2v) is 4.23. The number of hydrogen-bond acceptors (Lipinski definition) is 3. The summed E-state index contributed by atoms with van der Waals surface area (Å²) in [5.41, 5.74) is 6.20. The van der Waals surface area contributed by atoms with Gasteiger partial charge in [0.2, 0.25) is 5.82 Å². The Morgan fingerprint density at radius 2 is 2.29 bits per heavy atom. The van der Waals surface area contributed by atoms with E-state index in [4.69, 9.17) is 29.6 Å². The van der Waals surface area contributed by atoms with Crippen LogP contribution in [0.25, 0.3) is 0 Å². The van der Waals surface area contributed by atoms with Crippen LogP contribution >= 0.6 is 23.8 Å². The summed E-state index contributed by atoms with van der Waals surface area (Å²) in [4.78, 5) is 4.07. The van der Waals surface area contributed by atoms with Gasteiger partial charge in [0.15, 0.2) is 0 Å². The zero-order valence-corrected chi connectivity index (χ0v) is 10.2. The fourth-order valence-corrected chi connectivity index (χ4v) is 1.61. The molecule has 1 heterocycles. The van der Waals surface area contributed by atoms with Gasteiger partial charge >= 0.3 is 0 Å². The first-order chi connectivity index (χ1) is 8.06. The van der Waals surface area contributed by atoms with Crippen LogP contribution in [-0.4, -0.2) is 19.8 Å². The zero-order valence-electron chi connectivity index (χ0n) is 8.60. The van der Waals surface area contributed by atoms with Crippen molar-refractivity contribution in [3.05, 3.63) is 46.8 Å². The van der Waals surface area contributed by atoms with E-state index in [1.165, 1.54) is 12.4 Å². The number of halogens is 2. The zero-order chi connectivity index (χ0) is 12.4. The first kappa shape index (κ1) is 11.9. The molecule has 0 amide bonds. The van der Waals surface area contributed by atoms with Gasteiger partial charge < -0.3 is 5.73 Å². The second-order valence-electron chi connectivity index (χ2n) is 3.38. The van der Waals surface area contributed by atoms with Gasteiger partial charge in [-0.3, -0.25) is 0 Å². The molecule has 0 saturated heterocycles. The summed E-state index contributed by atoms with van der Waals surface area (Å²) in [6, 6.07) is 4.48. The number of rotatable bonds is 3. The van der Waals surface area contributed by atoms with Gasteiger partial charge in [0.25, 0.3) is 0 Å². The lowest BCUT2D eigenvalue weighted by Gasteiger charge is -2.02. The molecule has 0 atom stereocenters. The van der Waals surface area contributed by atoms with Crippen molar-refractivity contribution in [2.45, 2.75) is 6.54 Å². The van der Waals surface area contributed by atoms with Gasteiger partial charge in [0, 0.05) is 0 Å². The predicted molar refractivity (Wildman–Crippen MR) is 66.4 cm³/mol. The van der Waals surface area contributed by atoms with Gasteiger partial charge in [-0.25, -0.2) is 14.1 Å². The molecule has 0 unspecified atom stereocenters. The fourth-order valence-electron chi connectivity index (χ4n) is 1.31. The maximum Gasteiger partial charge on any atom is 0.208 e. The highest BCUT2D eigenvalue weighted by molar-refractivity contribution is 7.80. The molecule has 0 aliphatic rings. The number of aromatic nitrogens is 3. The Labute approximate surface area is 107 Å². The molecule has 0 fully saturated rings. The third kappa shape index (κ3) is 2.78. The molecular formula is C10H8ClFN4S. The minimum atomic E-state index is -0.446. The number of benzene rings is 1. The van der Waals surface area contributed by atoms with Gasteiger partial charge in [-0.15, -0.1) is 5.10 Å². The average Bonchev–Trinajstić information content (AvgIpc) is 2.72. The molecule has 2 rings (SSSR count). The summed E-state index contributed by atoms with van der Waals surface area (Å²) in [5.74, 6) is -0.133. The lowest BCUT2D eigenvalue weighted by atomic mass is 10.2. The third-order valence-corrected chi connectivity index (χ3v) is 2.56. The molecule has 0 spiro atoms. The van der Waals surface area contributed by atoms with Crippen molar-refractivity contribution < 1.29 is 4.39 Å². The molecule has 0 aliphatic carbocycles. The largest absolute Gasteiger partial charge is 0.387 e. The summed E-state index contributed by atoms with van der Waals surface area (Å²) in [5, 5.41) is 4.14. The van der Waals surface area contributed by atoms with Crippen LogP contribution in [0.4, 0.5) is 4.39 Å². The van der Waals surface area contributed by atoms with Gasteiger partial charge in [-0.2, -0.15) is 0 Å².